The van der Waals surface area contributed by atoms with E-state index >= 15 is 0 Å². The van der Waals surface area contributed by atoms with Crippen LogP contribution in [0.5, 0.6) is 0 Å². The fourth-order valence-corrected chi connectivity index (χ4v) is 4.38. The van der Waals surface area contributed by atoms with E-state index in [4.69, 9.17) is 33.7 Å². The summed E-state index contributed by atoms with van der Waals surface area (Å²) in [6.45, 7) is 3.68. The number of likely N-dealkylation sites (tertiary alicyclic amines) is 1. The van der Waals surface area contributed by atoms with Crippen LogP contribution in [0.15, 0.2) is 18.2 Å². The van der Waals surface area contributed by atoms with Crippen LogP contribution in [-0.4, -0.2) is 48.5 Å². The van der Waals surface area contributed by atoms with Crippen LogP contribution in [0.2, 0.25) is 10.0 Å². The Kier molecular flexibility index (Phi) is 5.51. The highest BCUT2D eigenvalue weighted by atomic mass is 35.5. The number of rotatable bonds is 5. The quantitative estimate of drug-likeness (QED) is 0.849. The number of hydrogen-bond donors (Lipinski definition) is 2. The molecule has 2 unspecified atom stereocenters. The van der Waals surface area contributed by atoms with Gasteiger partial charge in [-0.2, -0.15) is 0 Å². The molecule has 2 fully saturated rings. The summed E-state index contributed by atoms with van der Waals surface area (Å²) in [7, 11) is 0. The summed E-state index contributed by atoms with van der Waals surface area (Å²) in [5, 5.41) is 11.7. The van der Waals surface area contributed by atoms with Gasteiger partial charge in [0.2, 0.25) is 0 Å². The van der Waals surface area contributed by atoms with E-state index in [0.29, 0.717) is 23.2 Å². The summed E-state index contributed by atoms with van der Waals surface area (Å²) in [6, 6.07) is 5.62. The fourth-order valence-electron chi connectivity index (χ4n) is 3.86. The normalized spacial score (nSPS) is 27.1. The molecule has 1 aromatic rings. The van der Waals surface area contributed by atoms with Crippen LogP contribution < -0.4 is 5.73 Å². The highest BCUT2D eigenvalue weighted by molar-refractivity contribution is 6.35. The van der Waals surface area contributed by atoms with Crippen molar-refractivity contribution in [1.29, 1.82) is 0 Å². The van der Waals surface area contributed by atoms with Gasteiger partial charge in [-0.1, -0.05) is 29.3 Å². The molecule has 23 heavy (non-hydrogen) atoms. The first-order chi connectivity index (χ1) is 11.1. The van der Waals surface area contributed by atoms with E-state index in [-0.39, 0.29) is 17.6 Å². The molecule has 6 heteroatoms. The third kappa shape index (κ3) is 3.39. The average molecular weight is 359 g/mol. The number of halogens is 2. The second kappa shape index (κ2) is 7.26. The molecule has 0 aromatic heterocycles. The van der Waals surface area contributed by atoms with E-state index in [9.17, 15) is 5.11 Å². The molecule has 1 spiro atoms. The highest BCUT2D eigenvalue weighted by Crippen LogP contribution is 2.51. The van der Waals surface area contributed by atoms with Gasteiger partial charge in [-0.15, -0.1) is 0 Å². The number of nitrogens with two attached hydrogens (primary N) is 1. The molecular formula is C17H24Cl2N2O2. The maximum absolute atomic E-state index is 10.3. The van der Waals surface area contributed by atoms with Crippen molar-refractivity contribution in [2.75, 3.05) is 26.2 Å². The molecule has 0 amide bonds. The zero-order valence-electron chi connectivity index (χ0n) is 13.2. The molecule has 3 rings (SSSR count). The predicted molar refractivity (Wildman–Crippen MR) is 92.8 cm³/mol. The molecule has 1 aromatic carbocycles. The number of aliphatic hydroxyl groups is 1. The second-order valence-electron chi connectivity index (χ2n) is 6.61. The first kappa shape index (κ1) is 17.5. The minimum absolute atomic E-state index is 0.0874. The van der Waals surface area contributed by atoms with Gasteiger partial charge in [-0.3, -0.25) is 4.90 Å². The summed E-state index contributed by atoms with van der Waals surface area (Å²) in [5.74, 6) is 0. The van der Waals surface area contributed by atoms with E-state index < -0.39 is 0 Å². The Bertz CT molecular complexity index is 527. The minimum atomic E-state index is -0.253. The maximum Gasteiger partial charge on any atom is 0.0682 e. The Morgan fingerprint density at radius 2 is 1.91 bits per heavy atom. The lowest BCUT2D eigenvalue weighted by molar-refractivity contribution is -0.210. The topological polar surface area (TPSA) is 58.7 Å². The van der Waals surface area contributed by atoms with Crippen molar-refractivity contribution in [2.45, 2.75) is 38.0 Å². The first-order valence-electron chi connectivity index (χ1n) is 8.22. The maximum atomic E-state index is 10.3. The van der Waals surface area contributed by atoms with Gasteiger partial charge in [-0.25, -0.2) is 0 Å². The second-order valence-corrected chi connectivity index (χ2v) is 7.42. The molecule has 0 radical (unpaired) electrons. The Morgan fingerprint density at radius 3 is 2.48 bits per heavy atom. The van der Waals surface area contributed by atoms with Crippen LogP contribution in [0.3, 0.4) is 0 Å². The molecular weight excluding hydrogens is 335 g/mol. The number of hydrogen-bond acceptors (Lipinski definition) is 4. The first-order valence-corrected chi connectivity index (χ1v) is 8.97. The Labute approximate surface area is 147 Å². The molecule has 0 bridgehead atoms. The monoisotopic (exact) mass is 358 g/mol. The number of nitrogens with zero attached hydrogens (tertiary/aromatic N) is 1. The largest absolute Gasteiger partial charge is 0.392 e. The highest BCUT2D eigenvalue weighted by Gasteiger charge is 2.56. The van der Waals surface area contributed by atoms with Gasteiger partial charge in [0.05, 0.1) is 18.8 Å². The lowest BCUT2D eigenvalue weighted by atomic mass is 9.58. The van der Waals surface area contributed by atoms with Crippen molar-refractivity contribution in [3.8, 4) is 0 Å². The van der Waals surface area contributed by atoms with Crippen molar-refractivity contribution in [1.82, 2.24) is 4.90 Å². The van der Waals surface area contributed by atoms with E-state index in [1.54, 1.807) is 0 Å². The van der Waals surface area contributed by atoms with E-state index in [1.165, 1.54) is 0 Å². The molecule has 2 aliphatic rings. The van der Waals surface area contributed by atoms with Crippen LogP contribution >= 0.6 is 23.2 Å². The summed E-state index contributed by atoms with van der Waals surface area (Å²) in [4.78, 5) is 2.35. The fraction of sp³-hybridized carbons (Fsp3) is 0.647. The lowest BCUT2D eigenvalue weighted by Crippen LogP contribution is -2.62. The minimum Gasteiger partial charge on any atom is -0.392 e. The summed E-state index contributed by atoms with van der Waals surface area (Å²) >= 11 is 12.5. The van der Waals surface area contributed by atoms with Crippen LogP contribution in [-0.2, 0) is 11.3 Å². The average Bonchev–Trinajstić information content (AvgIpc) is 2.55. The van der Waals surface area contributed by atoms with Gasteiger partial charge < -0.3 is 15.6 Å². The van der Waals surface area contributed by atoms with Gasteiger partial charge in [0, 0.05) is 40.5 Å². The van der Waals surface area contributed by atoms with Crippen LogP contribution in [0, 0.1) is 5.41 Å². The number of benzene rings is 1. The molecule has 4 nitrogen and oxygen atoms in total. The number of aliphatic hydroxyl groups excluding tert-OH is 1. The molecule has 1 heterocycles. The van der Waals surface area contributed by atoms with Crippen molar-refractivity contribution < 1.29 is 9.84 Å². The molecule has 1 aliphatic carbocycles. The third-order valence-corrected chi connectivity index (χ3v) is 6.12. The third-order valence-electron chi connectivity index (χ3n) is 5.41. The van der Waals surface area contributed by atoms with Crippen LogP contribution in [0.4, 0.5) is 0 Å². The Morgan fingerprint density at radius 1 is 1.26 bits per heavy atom. The van der Waals surface area contributed by atoms with Gasteiger partial charge in [0.25, 0.3) is 0 Å². The Balaban J connectivity index is 1.60. The van der Waals surface area contributed by atoms with E-state index in [2.05, 4.69) is 4.90 Å². The number of ether oxygens (including phenoxy) is 1. The zero-order chi connectivity index (χ0) is 16.4. The van der Waals surface area contributed by atoms with Crippen molar-refractivity contribution in [3.05, 3.63) is 33.8 Å². The van der Waals surface area contributed by atoms with Gasteiger partial charge in [0.15, 0.2) is 0 Å². The molecule has 3 N–H and O–H groups in total. The SMILES string of the molecule is NCCOC1CC(O)C12CCN(Cc1c(Cl)cccc1Cl)CC2. The van der Waals surface area contributed by atoms with Gasteiger partial charge in [-0.05, 0) is 38.1 Å². The van der Waals surface area contributed by atoms with Crippen molar-refractivity contribution >= 4 is 23.2 Å². The van der Waals surface area contributed by atoms with E-state index in [1.807, 2.05) is 18.2 Å². The van der Waals surface area contributed by atoms with Crippen molar-refractivity contribution in [3.63, 3.8) is 0 Å². The Hall–Kier alpha value is -0.360. The lowest BCUT2D eigenvalue weighted by Gasteiger charge is -2.56. The summed E-state index contributed by atoms with van der Waals surface area (Å²) in [6.07, 6.45) is 2.50. The van der Waals surface area contributed by atoms with Crippen molar-refractivity contribution in [2.24, 2.45) is 11.1 Å². The molecule has 1 saturated heterocycles. The molecule has 1 aliphatic heterocycles. The van der Waals surface area contributed by atoms with Gasteiger partial charge >= 0.3 is 0 Å². The smallest absolute Gasteiger partial charge is 0.0682 e. The van der Waals surface area contributed by atoms with Crippen LogP contribution in [0.25, 0.3) is 0 Å². The summed E-state index contributed by atoms with van der Waals surface area (Å²) in [5.41, 5.74) is 6.42. The predicted octanol–water partition coefficient (Wildman–Crippen LogP) is 2.68. The summed E-state index contributed by atoms with van der Waals surface area (Å²) < 4.78 is 5.84. The number of piperidine rings is 1. The van der Waals surface area contributed by atoms with E-state index in [0.717, 1.165) is 44.5 Å². The zero-order valence-corrected chi connectivity index (χ0v) is 14.7. The van der Waals surface area contributed by atoms with Crippen LogP contribution in [0.1, 0.15) is 24.8 Å². The van der Waals surface area contributed by atoms with Gasteiger partial charge in [0.1, 0.15) is 0 Å². The molecule has 2 atom stereocenters. The molecule has 128 valence electrons. The molecule has 1 saturated carbocycles. The standard InChI is InChI=1S/C17H24Cl2N2O2/c18-13-2-1-3-14(19)12(13)11-21-7-4-17(5-8-21)15(22)10-16(17)23-9-6-20/h1-3,15-16,22H,4-11,20H2.